The average molecular weight is 367 g/mol. The Hall–Kier alpha value is -3.62. The molecule has 0 bridgehead atoms. The molecular weight excluding hydrogens is 352 g/mol. The lowest BCUT2D eigenvalue weighted by atomic mass is 10.1. The highest BCUT2D eigenvalue weighted by atomic mass is 19.1. The van der Waals surface area contributed by atoms with E-state index in [1.165, 1.54) is 16.8 Å². The van der Waals surface area contributed by atoms with Crippen molar-refractivity contribution < 1.29 is 8.78 Å². The molecule has 0 saturated carbocycles. The molecule has 0 spiro atoms. The quantitative estimate of drug-likeness (QED) is 0.576. The first-order chi connectivity index (χ1) is 13.0. The fourth-order valence-corrected chi connectivity index (χ4v) is 2.75. The van der Waals surface area contributed by atoms with E-state index >= 15 is 0 Å². The zero-order valence-electron chi connectivity index (χ0n) is 14.3. The van der Waals surface area contributed by atoms with E-state index in [9.17, 15) is 8.78 Å². The van der Waals surface area contributed by atoms with Gasteiger partial charge in [0, 0.05) is 37.6 Å². The maximum Gasteiger partial charge on any atom is 0.225 e. The van der Waals surface area contributed by atoms with Gasteiger partial charge in [-0.15, -0.1) is 0 Å². The standard InChI is InChI=1S/C18H15F2N7/c1-27-16(21)14-15(12-5-4-11(19)7-13(12)20)24-18(25-17(14)26-27)23-9-10-3-2-6-22-8-10/h2-8H,9,21H2,1H3,(H,23,25,26). The number of rotatable bonds is 4. The van der Waals surface area contributed by atoms with Crippen LogP contribution in [0.2, 0.25) is 0 Å². The zero-order chi connectivity index (χ0) is 19.0. The number of nitrogen functional groups attached to an aromatic ring is 1. The summed E-state index contributed by atoms with van der Waals surface area (Å²) in [6.07, 6.45) is 3.39. The first kappa shape index (κ1) is 16.8. The van der Waals surface area contributed by atoms with Crippen molar-refractivity contribution in [3.8, 4) is 11.3 Å². The van der Waals surface area contributed by atoms with Crippen molar-refractivity contribution in [2.75, 3.05) is 11.1 Å². The molecule has 0 fully saturated rings. The first-order valence-electron chi connectivity index (χ1n) is 8.11. The van der Waals surface area contributed by atoms with Crippen molar-refractivity contribution in [2.45, 2.75) is 6.54 Å². The second-order valence-corrected chi connectivity index (χ2v) is 5.94. The Labute approximate surface area is 152 Å². The second kappa shape index (κ2) is 6.60. The van der Waals surface area contributed by atoms with Gasteiger partial charge in [0.2, 0.25) is 5.95 Å². The normalized spacial score (nSPS) is 11.1. The summed E-state index contributed by atoms with van der Waals surface area (Å²) in [5.41, 5.74) is 7.68. The molecule has 3 N–H and O–H groups in total. The lowest BCUT2D eigenvalue weighted by Gasteiger charge is -2.09. The summed E-state index contributed by atoms with van der Waals surface area (Å²) >= 11 is 0. The summed E-state index contributed by atoms with van der Waals surface area (Å²) in [5, 5.41) is 7.74. The van der Waals surface area contributed by atoms with E-state index < -0.39 is 11.6 Å². The molecule has 0 amide bonds. The van der Waals surface area contributed by atoms with Crippen LogP contribution in [0.5, 0.6) is 0 Å². The summed E-state index contributed by atoms with van der Waals surface area (Å²) in [4.78, 5) is 12.8. The van der Waals surface area contributed by atoms with Crippen molar-refractivity contribution in [3.05, 3.63) is 59.9 Å². The Kier molecular flexibility index (Phi) is 4.11. The SMILES string of the molecule is Cn1nc2nc(NCc3cccnc3)nc(-c3ccc(F)cc3F)c2c1N. The lowest BCUT2D eigenvalue weighted by molar-refractivity contribution is 0.585. The zero-order valence-corrected chi connectivity index (χ0v) is 14.3. The number of aryl methyl sites for hydroxylation is 1. The van der Waals surface area contributed by atoms with Gasteiger partial charge in [0.25, 0.3) is 0 Å². The predicted molar refractivity (Wildman–Crippen MR) is 97.6 cm³/mol. The maximum absolute atomic E-state index is 14.4. The van der Waals surface area contributed by atoms with E-state index in [0.717, 1.165) is 11.6 Å². The lowest BCUT2D eigenvalue weighted by Crippen LogP contribution is -2.05. The molecule has 4 rings (SSSR count). The Balaban J connectivity index is 1.82. The highest BCUT2D eigenvalue weighted by Gasteiger charge is 2.19. The maximum atomic E-state index is 14.4. The molecule has 3 heterocycles. The number of benzene rings is 1. The predicted octanol–water partition coefficient (Wildman–Crippen LogP) is 2.90. The number of aromatic nitrogens is 5. The molecule has 0 aliphatic carbocycles. The minimum Gasteiger partial charge on any atom is -0.383 e. The molecule has 0 atom stereocenters. The minimum atomic E-state index is -0.739. The molecule has 4 aromatic rings. The van der Waals surface area contributed by atoms with E-state index in [-0.39, 0.29) is 17.2 Å². The number of fused-ring (bicyclic) bond motifs is 1. The third kappa shape index (κ3) is 3.14. The summed E-state index contributed by atoms with van der Waals surface area (Å²) < 4.78 is 29.1. The molecule has 136 valence electrons. The summed E-state index contributed by atoms with van der Waals surface area (Å²) in [6.45, 7) is 0.424. The van der Waals surface area contributed by atoms with Gasteiger partial charge in [0.1, 0.15) is 17.5 Å². The number of nitrogens with zero attached hydrogens (tertiary/aromatic N) is 5. The highest BCUT2D eigenvalue weighted by Crippen LogP contribution is 2.32. The van der Waals surface area contributed by atoms with Crippen LogP contribution in [-0.2, 0) is 13.6 Å². The highest BCUT2D eigenvalue weighted by molar-refractivity contribution is 5.98. The topological polar surface area (TPSA) is 94.5 Å². The molecule has 7 nitrogen and oxygen atoms in total. The number of nitrogens with two attached hydrogens (primary N) is 1. The third-order valence-corrected chi connectivity index (χ3v) is 4.10. The van der Waals surface area contributed by atoms with Crippen molar-refractivity contribution >= 4 is 22.8 Å². The van der Waals surface area contributed by atoms with E-state index in [4.69, 9.17) is 5.73 Å². The van der Waals surface area contributed by atoms with Crippen LogP contribution in [-0.4, -0.2) is 24.7 Å². The van der Waals surface area contributed by atoms with Crippen LogP contribution in [0.1, 0.15) is 5.56 Å². The van der Waals surface area contributed by atoms with Crippen LogP contribution >= 0.6 is 0 Å². The molecule has 27 heavy (non-hydrogen) atoms. The van der Waals surface area contributed by atoms with E-state index in [2.05, 4.69) is 25.4 Å². The Morgan fingerprint density at radius 2 is 2.04 bits per heavy atom. The number of nitrogens with one attached hydrogen (secondary N) is 1. The van der Waals surface area contributed by atoms with Crippen molar-refractivity contribution in [3.63, 3.8) is 0 Å². The van der Waals surface area contributed by atoms with Crippen molar-refractivity contribution in [1.29, 1.82) is 0 Å². The summed E-state index contributed by atoms with van der Waals surface area (Å²) in [6, 6.07) is 7.02. The Bertz CT molecular complexity index is 1130. The second-order valence-electron chi connectivity index (χ2n) is 5.94. The molecule has 0 unspecified atom stereocenters. The van der Waals surface area contributed by atoms with Gasteiger partial charge in [-0.3, -0.25) is 9.67 Å². The van der Waals surface area contributed by atoms with E-state index in [1.807, 2.05) is 12.1 Å². The molecule has 0 aliphatic rings. The van der Waals surface area contributed by atoms with Crippen LogP contribution in [0.4, 0.5) is 20.5 Å². The molecule has 9 heteroatoms. The van der Waals surface area contributed by atoms with Gasteiger partial charge in [0.15, 0.2) is 5.65 Å². The number of halogens is 2. The molecule has 0 saturated heterocycles. The van der Waals surface area contributed by atoms with Crippen molar-refractivity contribution in [2.24, 2.45) is 7.05 Å². The number of hydrogen-bond donors (Lipinski definition) is 2. The molecule has 1 aromatic carbocycles. The van der Waals surface area contributed by atoms with E-state index in [0.29, 0.717) is 23.4 Å². The number of anilines is 2. The van der Waals surface area contributed by atoms with Gasteiger partial charge in [-0.25, -0.2) is 13.8 Å². The van der Waals surface area contributed by atoms with Crippen LogP contribution in [0.3, 0.4) is 0 Å². The van der Waals surface area contributed by atoms with Gasteiger partial charge in [-0.1, -0.05) is 6.07 Å². The molecule has 0 radical (unpaired) electrons. The van der Waals surface area contributed by atoms with Crippen LogP contribution in [0, 0.1) is 11.6 Å². The smallest absolute Gasteiger partial charge is 0.225 e. The van der Waals surface area contributed by atoms with Gasteiger partial charge < -0.3 is 11.1 Å². The van der Waals surface area contributed by atoms with E-state index in [1.54, 1.807) is 19.4 Å². The summed E-state index contributed by atoms with van der Waals surface area (Å²) in [5.74, 6) is -0.863. The molecule has 3 aromatic heterocycles. The Morgan fingerprint density at radius 3 is 2.78 bits per heavy atom. The Morgan fingerprint density at radius 1 is 1.19 bits per heavy atom. The van der Waals surface area contributed by atoms with Crippen LogP contribution < -0.4 is 11.1 Å². The third-order valence-electron chi connectivity index (χ3n) is 4.10. The monoisotopic (exact) mass is 367 g/mol. The fraction of sp³-hybridized carbons (Fsp3) is 0.111. The van der Waals surface area contributed by atoms with Gasteiger partial charge in [-0.05, 0) is 23.8 Å². The summed E-state index contributed by atoms with van der Waals surface area (Å²) in [7, 11) is 1.66. The van der Waals surface area contributed by atoms with Gasteiger partial charge in [-0.2, -0.15) is 10.1 Å². The van der Waals surface area contributed by atoms with Gasteiger partial charge >= 0.3 is 0 Å². The number of hydrogen-bond acceptors (Lipinski definition) is 6. The fourth-order valence-electron chi connectivity index (χ4n) is 2.75. The van der Waals surface area contributed by atoms with Crippen molar-refractivity contribution in [1.82, 2.24) is 24.7 Å². The van der Waals surface area contributed by atoms with Crippen LogP contribution in [0.25, 0.3) is 22.3 Å². The molecular formula is C18H15F2N7. The van der Waals surface area contributed by atoms with Gasteiger partial charge in [0.05, 0.1) is 11.1 Å². The average Bonchev–Trinajstić information content (AvgIpc) is 2.94. The molecule has 0 aliphatic heterocycles. The number of pyridine rings is 1. The van der Waals surface area contributed by atoms with Crippen LogP contribution in [0.15, 0.2) is 42.7 Å². The minimum absolute atomic E-state index is 0.118. The first-order valence-corrected chi connectivity index (χ1v) is 8.11. The largest absolute Gasteiger partial charge is 0.383 e.